The average molecular weight is 422 g/mol. The van der Waals surface area contributed by atoms with E-state index in [1.165, 1.54) is 19.1 Å². The lowest BCUT2D eigenvalue weighted by Crippen LogP contribution is -2.24. The third-order valence-electron chi connectivity index (χ3n) is 4.10. The SMILES string of the molecule is CCc1cccc(NC(=O)CS(=O)(=O)c2ccc3c(c2)S(=O)(=O)N=C(C)N3)c1. The van der Waals surface area contributed by atoms with Crippen LogP contribution in [0.3, 0.4) is 0 Å². The first-order valence-electron chi connectivity index (χ1n) is 8.45. The number of benzene rings is 2. The highest BCUT2D eigenvalue weighted by Gasteiger charge is 2.27. The van der Waals surface area contributed by atoms with E-state index in [0.717, 1.165) is 18.1 Å². The number of aryl methyl sites for hydroxylation is 1. The van der Waals surface area contributed by atoms with Gasteiger partial charge in [-0.25, -0.2) is 8.42 Å². The normalized spacial score (nSPS) is 15.1. The quantitative estimate of drug-likeness (QED) is 0.763. The number of rotatable bonds is 5. The zero-order valence-electron chi connectivity index (χ0n) is 15.3. The van der Waals surface area contributed by atoms with Gasteiger partial charge in [-0.3, -0.25) is 4.79 Å². The van der Waals surface area contributed by atoms with Crippen molar-refractivity contribution < 1.29 is 21.6 Å². The molecule has 0 radical (unpaired) electrons. The standard InChI is InChI=1S/C18H19N3O5S2/c1-3-13-5-4-6-14(9-13)20-18(22)11-27(23,24)15-7-8-16-17(10-15)28(25,26)21-12(2)19-16/h4-10H,3,11H2,1-2H3,(H,19,21)(H,20,22). The first kappa shape index (κ1) is 20.0. The Morgan fingerprint density at radius 2 is 1.93 bits per heavy atom. The molecule has 1 amide bonds. The predicted molar refractivity (Wildman–Crippen MR) is 107 cm³/mol. The third kappa shape index (κ3) is 4.23. The first-order chi connectivity index (χ1) is 13.1. The molecule has 8 nitrogen and oxygen atoms in total. The van der Waals surface area contributed by atoms with Crippen LogP contribution in [-0.4, -0.2) is 34.3 Å². The average Bonchev–Trinajstić information content (AvgIpc) is 2.60. The number of hydrogen-bond donors (Lipinski definition) is 2. The minimum Gasteiger partial charge on any atom is -0.342 e. The Bertz CT molecular complexity index is 1190. The maximum absolute atomic E-state index is 12.6. The van der Waals surface area contributed by atoms with Gasteiger partial charge < -0.3 is 10.6 Å². The van der Waals surface area contributed by atoms with Gasteiger partial charge in [0.15, 0.2) is 9.84 Å². The zero-order valence-corrected chi connectivity index (χ0v) is 16.9. The van der Waals surface area contributed by atoms with Crippen LogP contribution in [0.25, 0.3) is 0 Å². The molecular weight excluding hydrogens is 402 g/mol. The fourth-order valence-electron chi connectivity index (χ4n) is 2.78. The largest absolute Gasteiger partial charge is 0.342 e. The molecule has 0 aromatic heterocycles. The van der Waals surface area contributed by atoms with Crippen LogP contribution >= 0.6 is 0 Å². The van der Waals surface area contributed by atoms with Gasteiger partial charge in [0.2, 0.25) is 5.91 Å². The van der Waals surface area contributed by atoms with Gasteiger partial charge in [-0.05, 0) is 49.2 Å². The van der Waals surface area contributed by atoms with E-state index in [0.29, 0.717) is 5.69 Å². The number of carbonyl (C=O) groups is 1. The van der Waals surface area contributed by atoms with Gasteiger partial charge in [0.05, 0.1) is 10.6 Å². The molecule has 3 rings (SSSR count). The number of sulfone groups is 1. The van der Waals surface area contributed by atoms with Crippen LogP contribution in [0.2, 0.25) is 0 Å². The molecular formula is C18H19N3O5S2. The summed E-state index contributed by atoms with van der Waals surface area (Å²) in [5.74, 6) is -1.32. The number of carbonyl (C=O) groups excluding carboxylic acids is 1. The minimum absolute atomic E-state index is 0.191. The Labute approximate surface area is 163 Å². The molecule has 2 aromatic rings. The van der Waals surface area contributed by atoms with Crippen LogP contribution in [-0.2, 0) is 31.1 Å². The summed E-state index contributed by atoms with van der Waals surface area (Å²) >= 11 is 0. The molecule has 2 N–H and O–H groups in total. The van der Waals surface area contributed by atoms with Crippen LogP contribution in [0.5, 0.6) is 0 Å². The molecule has 0 saturated carbocycles. The van der Waals surface area contributed by atoms with E-state index in [1.54, 1.807) is 18.2 Å². The molecule has 0 aliphatic carbocycles. The minimum atomic E-state index is -4.05. The molecule has 1 aliphatic heterocycles. The fourth-order valence-corrected chi connectivity index (χ4v) is 5.19. The van der Waals surface area contributed by atoms with E-state index in [-0.39, 0.29) is 21.3 Å². The fraction of sp³-hybridized carbons (Fsp3) is 0.222. The Balaban J connectivity index is 1.83. The molecule has 1 aliphatic rings. The van der Waals surface area contributed by atoms with Crippen molar-refractivity contribution in [3.05, 3.63) is 48.0 Å². The number of hydrogen-bond acceptors (Lipinski definition) is 6. The van der Waals surface area contributed by atoms with Crippen molar-refractivity contribution in [1.29, 1.82) is 0 Å². The summed E-state index contributed by atoms with van der Waals surface area (Å²) in [6.45, 7) is 3.46. The van der Waals surface area contributed by atoms with Gasteiger partial charge in [0.1, 0.15) is 16.5 Å². The second-order valence-electron chi connectivity index (χ2n) is 6.30. The van der Waals surface area contributed by atoms with Crippen LogP contribution in [0.15, 0.2) is 56.7 Å². The van der Waals surface area contributed by atoms with E-state index >= 15 is 0 Å². The second kappa shape index (κ2) is 7.36. The number of amidine groups is 1. The molecule has 0 unspecified atom stereocenters. The van der Waals surface area contributed by atoms with Crippen LogP contribution in [0.1, 0.15) is 19.4 Å². The summed E-state index contributed by atoms with van der Waals surface area (Å²) in [5.41, 5.74) is 1.75. The molecule has 0 atom stereocenters. The van der Waals surface area contributed by atoms with Gasteiger partial charge in [-0.15, -0.1) is 4.40 Å². The van der Waals surface area contributed by atoms with Gasteiger partial charge in [-0.2, -0.15) is 8.42 Å². The first-order valence-corrected chi connectivity index (χ1v) is 11.5. The highest BCUT2D eigenvalue weighted by molar-refractivity contribution is 7.92. The molecule has 0 saturated heterocycles. The maximum Gasteiger partial charge on any atom is 0.286 e. The van der Waals surface area contributed by atoms with E-state index in [2.05, 4.69) is 15.0 Å². The maximum atomic E-state index is 12.6. The Hall–Kier alpha value is -2.72. The van der Waals surface area contributed by atoms with Crippen LogP contribution < -0.4 is 10.6 Å². The molecule has 0 bridgehead atoms. The highest BCUT2D eigenvalue weighted by atomic mass is 32.2. The van der Waals surface area contributed by atoms with E-state index < -0.39 is 31.5 Å². The summed E-state index contributed by atoms with van der Waals surface area (Å²) < 4.78 is 53.1. The van der Waals surface area contributed by atoms with Crippen molar-refractivity contribution in [2.45, 2.75) is 30.1 Å². The molecule has 2 aromatic carbocycles. The van der Waals surface area contributed by atoms with Crippen LogP contribution in [0, 0.1) is 0 Å². The third-order valence-corrected chi connectivity index (χ3v) is 7.13. The second-order valence-corrected chi connectivity index (χ2v) is 9.86. The molecule has 28 heavy (non-hydrogen) atoms. The topological polar surface area (TPSA) is 122 Å². The van der Waals surface area contributed by atoms with Crippen molar-refractivity contribution in [3.8, 4) is 0 Å². The van der Waals surface area contributed by atoms with Gasteiger partial charge >= 0.3 is 0 Å². The zero-order chi connectivity index (χ0) is 20.5. The Morgan fingerprint density at radius 3 is 2.64 bits per heavy atom. The van der Waals surface area contributed by atoms with Crippen molar-refractivity contribution in [2.24, 2.45) is 4.40 Å². The van der Waals surface area contributed by atoms with Gasteiger partial charge in [0.25, 0.3) is 10.0 Å². The molecule has 0 fully saturated rings. The lowest BCUT2D eigenvalue weighted by atomic mass is 10.1. The number of fused-ring (bicyclic) bond motifs is 1. The molecule has 148 valence electrons. The van der Waals surface area contributed by atoms with Gasteiger partial charge in [-0.1, -0.05) is 19.1 Å². The van der Waals surface area contributed by atoms with E-state index in [1.807, 2.05) is 13.0 Å². The summed E-state index contributed by atoms with van der Waals surface area (Å²) in [7, 11) is -8.04. The number of anilines is 2. The summed E-state index contributed by atoms with van der Waals surface area (Å²) in [5, 5.41) is 5.33. The summed E-state index contributed by atoms with van der Waals surface area (Å²) in [4.78, 5) is 11.7. The molecule has 10 heteroatoms. The highest BCUT2D eigenvalue weighted by Crippen LogP contribution is 2.30. The molecule has 0 spiro atoms. The number of nitrogens with zero attached hydrogens (tertiary/aromatic N) is 1. The molecule has 1 heterocycles. The van der Waals surface area contributed by atoms with Crippen molar-refractivity contribution in [3.63, 3.8) is 0 Å². The number of sulfonamides is 1. The number of amides is 1. The van der Waals surface area contributed by atoms with Gasteiger partial charge in [0, 0.05) is 5.69 Å². The van der Waals surface area contributed by atoms with Crippen LogP contribution in [0.4, 0.5) is 11.4 Å². The van der Waals surface area contributed by atoms with Crippen molar-refractivity contribution in [1.82, 2.24) is 0 Å². The Morgan fingerprint density at radius 1 is 1.18 bits per heavy atom. The monoisotopic (exact) mass is 421 g/mol. The lowest BCUT2D eigenvalue weighted by molar-refractivity contribution is -0.113. The van der Waals surface area contributed by atoms with E-state index in [4.69, 9.17) is 0 Å². The summed E-state index contributed by atoms with van der Waals surface area (Å²) in [6.07, 6.45) is 0.779. The van der Waals surface area contributed by atoms with Crippen molar-refractivity contribution in [2.75, 3.05) is 16.4 Å². The Kier molecular flexibility index (Phi) is 5.26. The number of nitrogens with one attached hydrogen (secondary N) is 2. The summed E-state index contributed by atoms with van der Waals surface area (Å²) in [6, 6.07) is 10.7. The van der Waals surface area contributed by atoms with Crippen molar-refractivity contribution >= 4 is 43.0 Å². The predicted octanol–water partition coefficient (Wildman–Crippen LogP) is 2.19. The smallest absolute Gasteiger partial charge is 0.286 e. The lowest BCUT2D eigenvalue weighted by Gasteiger charge is -2.16. The van der Waals surface area contributed by atoms with E-state index in [9.17, 15) is 21.6 Å².